The van der Waals surface area contributed by atoms with E-state index in [0.29, 0.717) is 57.1 Å². The molecule has 3 heterocycles. The van der Waals surface area contributed by atoms with Crippen LogP contribution in [0.1, 0.15) is 18.4 Å². The van der Waals surface area contributed by atoms with Gasteiger partial charge in [0.25, 0.3) is 0 Å². The largest absolute Gasteiger partial charge is 0.488 e. The van der Waals surface area contributed by atoms with Gasteiger partial charge >= 0.3 is 0 Å². The van der Waals surface area contributed by atoms with Gasteiger partial charge in [0, 0.05) is 57.7 Å². The molecule has 0 radical (unpaired) electrons. The summed E-state index contributed by atoms with van der Waals surface area (Å²) >= 11 is 0. The highest BCUT2D eigenvalue weighted by Crippen LogP contribution is 2.37. The number of hydrogen-bond donors (Lipinski definition) is 2. The van der Waals surface area contributed by atoms with E-state index in [1.165, 1.54) is 0 Å². The van der Waals surface area contributed by atoms with Gasteiger partial charge in [-0.25, -0.2) is 4.98 Å². The molecule has 2 saturated heterocycles. The summed E-state index contributed by atoms with van der Waals surface area (Å²) in [5.74, 6) is 1.61. The second kappa shape index (κ2) is 13.9. The molecule has 41 heavy (non-hydrogen) atoms. The molecule has 0 spiro atoms. The first-order chi connectivity index (χ1) is 20.0. The van der Waals surface area contributed by atoms with Crippen LogP contribution in [0, 0.1) is 0 Å². The van der Waals surface area contributed by atoms with E-state index >= 15 is 0 Å². The molecule has 220 valence electrons. The maximum Gasteiger partial charge on any atom is 0.222 e. The summed E-state index contributed by atoms with van der Waals surface area (Å²) in [6.07, 6.45) is 0.728. The SMILES string of the molecule is COCO[C@H]1CN(c2ccc(OCc3ccccc3)c(-c3cc(N4CCC(O)CC4)nc(N)n3)c2)C[C@@H]1OCOC. The normalized spacial score (nSPS) is 19.6. The average Bonchev–Trinajstić information content (AvgIpc) is 3.41. The molecule has 3 aromatic rings. The predicted octanol–water partition coefficient (Wildman–Crippen LogP) is 3.06. The molecule has 2 fully saturated rings. The molecule has 0 unspecified atom stereocenters. The maximum absolute atomic E-state index is 9.98. The van der Waals surface area contributed by atoms with Crippen molar-refractivity contribution in [2.45, 2.75) is 37.8 Å². The van der Waals surface area contributed by atoms with Crippen LogP contribution in [0.15, 0.2) is 54.6 Å². The van der Waals surface area contributed by atoms with Crippen molar-refractivity contribution >= 4 is 17.5 Å². The second-order valence-corrected chi connectivity index (χ2v) is 10.3. The van der Waals surface area contributed by atoms with Gasteiger partial charge in [-0.05, 0) is 36.6 Å². The van der Waals surface area contributed by atoms with Crippen molar-refractivity contribution < 1.29 is 28.8 Å². The summed E-state index contributed by atoms with van der Waals surface area (Å²) < 4.78 is 28.5. The number of aliphatic hydroxyl groups is 1. The summed E-state index contributed by atoms with van der Waals surface area (Å²) in [6, 6.07) is 18.1. The van der Waals surface area contributed by atoms with Gasteiger partial charge in [-0.2, -0.15) is 4.98 Å². The Morgan fingerprint density at radius 3 is 2.22 bits per heavy atom. The van der Waals surface area contributed by atoms with Crippen molar-refractivity contribution in [3.05, 3.63) is 60.2 Å². The highest BCUT2D eigenvalue weighted by atomic mass is 16.7. The van der Waals surface area contributed by atoms with Gasteiger partial charge in [0.05, 0.1) is 11.8 Å². The Labute approximate surface area is 240 Å². The summed E-state index contributed by atoms with van der Waals surface area (Å²) in [5, 5.41) is 9.98. The molecule has 2 atom stereocenters. The first-order valence-electron chi connectivity index (χ1n) is 13.9. The van der Waals surface area contributed by atoms with Gasteiger partial charge in [-0.15, -0.1) is 0 Å². The van der Waals surface area contributed by atoms with Crippen LogP contribution in [-0.4, -0.2) is 87.4 Å². The molecule has 0 bridgehead atoms. The first kappa shape index (κ1) is 29.0. The Balaban J connectivity index is 1.46. The lowest BCUT2D eigenvalue weighted by Crippen LogP contribution is -2.36. The molecule has 1 aromatic heterocycles. The maximum atomic E-state index is 9.98. The van der Waals surface area contributed by atoms with Crippen molar-refractivity contribution in [1.82, 2.24) is 9.97 Å². The number of aromatic nitrogens is 2. The van der Waals surface area contributed by atoms with Crippen LogP contribution in [0.4, 0.5) is 17.5 Å². The fourth-order valence-electron chi connectivity index (χ4n) is 5.21. The number of methoxy groups -OCH3 is 2. The molecule has 2 aliphatic heterocycles. The lowest BCUT2D eigenvalue weighted by Gasteiger charge is -2.30. The van der Waals surface area contributed by atoms with Gasteiger partial charge in [-0.3, -0.25) is 0 Å². The molecule has 2 aromatic carbocycles. The molecule has 2 aliphatic rings. The van der Waals surface area contributed by atoms with E-state index in [1.807, 2.05) is 48.5 Å². The number of ether oxygens (including phenoxy) is 5. The van der Waals surface area contributed by atoms with Crippen molar-refractivity contribution in [2.24, 2.45) is 0 Å². The van der Waals surface area contributed by atoms with Crippen molar-refractivity contribution in [1.29, 1.82) is 0 Å². The molecule has 11 nitrogen and oxygen atoms in total. The third kappa shape index (κ3) is 7.43. The zero-order valence-corrected chi connectivity index (χ0v) is 23.6. The van der Waals surface area contributed by atoms with Crippen molar-refractivity contribution in [3.63, 3.8) is 0 Å². The van der Waals surface area contributed by atoms with E-state index < -0.39 is 0 Å². The van der Waals surface area contributed by atoms with Crippen LogP contribution in [0.5, 0.6) is 5.75 Å². The standard InChI is InChI=1S/C30H39N5O6/c1-37-19-40-27-16-35(17-28(27)41-20-38-2)22-8-9-26(39-18-21-6-4-3-5-7-21)24(14-22)25-15-29(33-30(31)32-25)34-12-10-23(36)11-13-34/h3-9,14-15,23,27-28,36H,10-13,16-20H2,1-2H3,(H2,31,32,33)/t27-,28-/m0/s1. The van der Waals surface area contributed by atoms with E-state index in [9.17, 15) is 5.11 Å². The Morgan fingerprint density at radius 1 is 0.878 bits per heavy atom. The van der Waals surface area contributed by atoms with Crippen LogP contribution in [0.25, 0.3) is 11.3 Å². The Morgan fingerprint density at radius 2 is 1.56 bits per heavy atom. The minimum absolute atomic E-state index is 0.180. The second-order valence-electron chi connectivity index (χ2n) is 10.3. The highest BCUT2D eigenvalue weighted by molar-refractivity contribution is 5.75. The van der Waals surface area contributed by atoms with Gasteiger partial charge in [0.2, 0.25) is 5.95 Å². The third-order valence-corrected chi connectivity index (χ3v) is 7.38. The molecular weight excluding hydrogens is 526 g/mol. The number of nitrogens with two attached hydrogens (primary N) is 1. The summed E-state index contributed by atoms with van der Waals surface area (Å²) in [5.41, 5.74) is 9.74. The number of rotatable bonds is 12. The molecule has 5 rings (SSSR count). The molecule has 11 heteroatoms. The summed E-state index contributed by atoms with van der Waals surface area (Å²) in [4.78, 5) is 13.5. The molecule has 3 N–H and O–H groups in total. The zero-order valence-electron chi connectivity index (χ0n) is 23.6. The number of hydrogen-bond acceptors (Lipinski definition) is 11. The third-order valence-electron chi connectivity index (χ3n) is 7.38. The monoisotopic (exact) mass is 565 g/mol. The van der Waals surface area contributed by atoms with Crippen LogP contribution in [-0.2, 0) is 25.6 Å². The van der Waals surface area contributed by atoms with E-state index in [4.69, 9.17) is 29.4 Å². The van der Waals surface area contributed by atoms with Crippen LogP contribution in [0.2, 0.25) is 0 Å². The average molecular weight is 566 g/mol. The van der Waals surface area contributed by atoms with E-state index in [-0.39, 0.29) is 37.8 Å². The Bertz CT molecular complexity index is 1240. The number of aliphatic hydroxyl groups excluding tert-OH is 1. The minimum atomic E-state index is -0.284. The number of piperidine rings is 1. The summed E-state index contributed by atoms with van der Waals surface area (Å²) in [7, 11) is 3.21. The number of benzene rings is 2. The van der Waals surface area contributed by atoms with Crippen LogP contribution < -0.4 is 20.3 Å². The smallest absolute Gasteiger partial charge is 0.222 e. The molecule has 0 amide bonds. The lowest BCUT2D eigenvalue weighted by atomic mass is 10.1. The fraction of sp³-hybridized carbons (Fsp3) is 0.467. The Hall–Kier alpha value is -3.48. The fourth-order valence-corrected chi connectivity index (χ4v) is 5.21. The first-order valence-corrected chi connectivity index (χ1v) is 13.9. The van der Waals surface area contributed by atoms with Crippen LogP contribution >= 0.6 is 0 Å². The quantitative estimate of drug-likeness (QED) is 0.315. The highest BCUT2D eigenvalue weighted by Gasteiger charge is 2.35. The van der Waals surface area contributed by atoms with Gasteiger partial charge in [0.15, 0.2) is 0 Å². The minimum Gasteiger partial charge on any atom is -0.488 e. The number of anilines is 3. The lowest BCUT2D eigenvalue weighted by molar-refractivity contribution is -0.139. The van der Waals surface area contributed by atoms with Crippen molar-refractivity contribution in [2.75, 3.05) is 69.5 Å². The van der Waals surface area contributed by atoms with Crippen LogP contribution in [0.3, 0.4) is 0 Å². The zero-order chi connectivity index (χ0) is 28.6. The van der Waals surface area contributed by atoms with Gasteiger partial charge in [-0.1, -0.05) is 30.3 Å². The summed E-state index contributed by atoms with van der Waals surface area (Å²) in [6.45, 7) is 3.41. The van der Waals surface area contributed by atoms with E-state index in [1.54, 1.807) is 14.2 Å². The predicted molar refractivity (Wildman–Crippen MR) is 156 cm³/mol. The Kier molecular flexibility index (Phi) is 9.86. The van der Waals surface area contributed by atoms with E-state index in [0.717, 1.165) is 22.6 Å². The molecule has 0 aliphatic carbocycles. The number of nitrogens with zero attached hydrogens (tertiary/aromatic N) is 4. The topological polar surface area (TPSA) is 125 Å². The van der Waals surface area contributed by atoms with Gasteiger partial charge < -0.3 is 44.3 Å². The number of nitrogen functional groups attached to an aromatic ring is 1. The van der Waals surface area contributed by atoms with Crippen molar-refractivity contribution in [3.8, 4) is 17.0 Å². The van der Waals surface area contributed by atoms with E-state index in [2.05, 4.69) is 25.8 Å². The molecular formula is C30H39N5O6. The molecule has 0 saturated carbocycles. The van der Waals surface area contributed by atoms with Gasteiger partial charge in [0.1, 0.15) is 44.0 Å².